The summed E-state index contributed by atoms with van der Waals surface area (Å²) in [4.78, 5) is 33.0. The Morgan fingerprint density at radius 2 is 1.78 bits per heavy atom. The molecule has 2 aromatic rings. The Morgan fingerprint density at radius 3 is 2.36 bits per heavy atom. The van der Waals surface area contributed by atoms with E-state index in [0.29, 0.717) is 57.1 Å². The van der Waals surface area contributed by atoms with Gasteiger partial charge in [0.25, 0.3) is 0 Å². The summed E-state index contributed by atoms with van der Waals surface area (Å²) in [7, 11) is 4.02. The predicted octanol–water partition coefficient (Wildman–Crippen LogP) is 3.42. The second-order valence-corrected chi connectivity index (χ2v) is 9.96. The summed E-state index contributed by atoms with van der Waals surface area (Å²) in [5.41, 5.74) is 3.11. The first-order valence-electron chi connectivity index (χ1n) is 12.7. The lowest BCUT2D eigenvalue weighted by Gasteiger charge is -2.37. The minimum atomic E-state index is -0.379. The summed E-state index contributed by atoms with van der Waals surface area (Å²) in [5.74, 6) is -0.437. The van der Waals surface area contributed by atoms with E-state index in [1.54, 1.807) is 12.1 Å². The molecule has 2 fully saturated rings. The number of rotatable bonds is 9. The molecule has 4 rings (SSSR count). The highest BCUT2D eigenvalue weighted by Gasteiger charge is 2.26. The van der Waals surface area contributed by atoms with Crippen LogP contribution in [0.15, 0.2) is 42.5 Å². The summed E-state index contributed by atoms with van der Waals surface area (Å²) in [6.07, 6.45) is 2.11. The van der Waals surface area contributed by atoms with Gasteiger partial charge in [-0.1, -0.05) is 12.1 Å². The fraction of sp³-hybridized carbons (Fsp3) is 0.500. The molecule has 0 saturated carbocycles. The van der Waals surface area contributed by atoms with Crippen LogP contribution >= 0.6 is 0 Å². The van der Waals surface area contributed by atoms with Crippen molar-refractivity contribution in [3.63, 3.8) is 0 Å². The van der Waals surface area contributed by atoms with Gasteiger partial charge >= 0.3 is 0 Å². The second-order valence-electron chi connectivity index (χ2n) is 9.96. The number of hydrogen-bond donors (Lipinski definition) is 0. The number of hydrogen-bond acceptors (Lipinski definition) is 6. The molecule has 194 valence electrons. The molecule has 0 aromatic heterocycles. The minimum Gasteiger partial charge on any atom is -0.378 e. The zero-order valence-electron chi connectivity index (χ0n) is 21.6. The molecule has 2 aliphatic rings. The van der Waals surface area contributed by atoms with Crippen molar-refractivity contribution in [1.29, 1.82) is 0 Å². The quantitative estimate of drug-likeness (QED) is 0.496. The van der Waals surface area contributed by atoms with Gasteiger partial charge in [0, 0.05) is 71.2 Å². The largest absolute Gasteiger partial charge is 0.378 e. The standard InChI is InChI=1S/C28H37FN4O3/c1-21(34)23-8-11-27(26(29)17-23)32-14-12-31(13-15-32)20-28(35)33(19-25-5-4-16-36-25)18-22-6-9-24(10-7-22)30(2)3/h6-11,17,25H,4-5,12-16,18-20H2,1-3H3. The maximum Gasteiger partial charge on any atom is 0.237 e. The number of halogens is 1. The molecule has 2 saturated heterocycles. The zero-order valence-corrected chi connectivity index (χ0v) is 21.6. The summed E-state index contributed by atoms with van der Waals surface area (Å²) in [5, 5.41) is 0. The molecule has 8 heteroatoms. The van der Waals surface area contributed by atoms with E-state index in [1.807, 2.05) is 23.9 Å². The molecule has 0 spiro atoms. The molecule has 36 heavy (non-hydrogen) atoms. The number of ether oxygens (including phenoxy) is 1. The Kier molecular flexibility index (Phi) is 8.59. The van der Waals surface area contributed by atoms with Gasteiger partial charge in [-0.3, -0.25) is 14.5 Å². The number of piperazine rings is 1. The molecule has 1 amide bonds. The lowest BCUT2D eigenvalue weighted by Crippen LogP contribution is -2.51. The van der Waals surface area contributed by atoms with E-state index in [1.165, 1.54) is 13.0 Å². The SMILES string of the molecule is CC(=O)c1ccc(N2CCN(CC(=O)N(Cc3ccc(N(C)C)cc3)CC3CCCO3)CC2)c(F)c1. The summed E-state index contributed by atoms with van der Waals surface area (Å²) < 4.78 is 20.4. The topological polar surface area (TPSA) is 56.3 Å². The lowest BCUT2D eigenvalue weighted by molar-refractivity contribution is -0.134. The summed E-state index contributed by atoms with van der Waals surface area (Å²) >= 11 is 0. The van der Waals surface area contributed by atoms with Crippen LogP contribution in [-0.4, -0.2) is 87.6 Å². The van der Waals surface area contributed by atoms with E-state index < -0.39 is 0 Å². The monoisotopic (exact) mass is 496 g/mol. The highest BCUT2D eigenvalue weighted by molar-refractivity contribution is 5.94. The predicted molar refractivity (Wildman–Crippen MR) is 140 cm³/mol. The van der Waals surface area contributed by atoms with Crippen LogP contribution in [0.4, 0.5) is 15.8 Å². The van der Waals surface area contributed by atoms with Crippen LogP contribution in [0.2, 0.25) is 0 Å². The van der Waals surface area contributed by atoms with E-state index in [2.05, 4.69) is 34.1 Å². The van der Waals surface area contributed by atoms with Crippen molar-refractivity contribution in [1.82, 2.24) is 9.80 Å². The molecule has 1 atom stereocenters. The van der Waals surface area contributed by atoms with Gasteiger partial charge in [-0.2, -0.15) is 0 Å². The average Bonchev–Trinajstić information content (AvgIpc) is 3.37. The highest BCUT2D eigenvalue weighted by atomic mass is 19.1. The van der Waals surface area contributed by atoms with Gasteiger partial charge in [0.15, 0.2) is 5.78 Å². The first-order chi connectivity index (χ1) is 17.3. The van der Waals surface area contributed by atoms with Crippen LogP contribution in [0.5, 0.6) is 0 Å². The molecule has 0 bridgehead atoms. The molecule has 0 aliphatic carbocycles. The lowest BCUT2D eigenvalue weighted by atomic mass is 10.1. The van der Waals surface area contributed by atoms with Crippen molar-refractivity contribution >= 4 is 23.1 Å². The van der Waals surface area contributed by atoms with Gasteiger partial charge in [0.1, 0.15) is 5.82 Å². The van der Waals surface area contributed by atoms with Crippen molar-refractivity contribution < 1.29 is 18.7 Å². The van der Waals surface area contributed by atoms with Gasteiger partial charge in [-0.05, 0) is 55.7 Å². The first-order valence-corrected chi connectivity index (χ1v) is 12.7. The van der Waals surface area contributed by atoms with Gasteiger partial charge in [-0.15, -0.1) is 0 Å². The number of benzene rings is 2. The van der Waals surface area contributed by atoms with Crippen molar-refractivity contribution in [3.05, 3.63) is 59.4 Å². The average molecular weight is 497 g/mol. The number of amides is 1. The number of Topliss-reactive ketones (excluding diaryl/α,β-unsaturated/α-hetero) is 1. The third-order valence-corrected chi connectivity index (χ3v) is 7.05. The number of carbonyl (C=O) groups excluding carboxylic acids is 2. The van der Waals surface area contributed by atoms with E-state index in [4.69, 9.17) is 4.74 Å². The fourth-order valence-corrected chi connectivity index (χ4v) is 4.83. The Balaban J connectivity index is 1.36. The minimum absolute atomic E-state index is 0.0904. The third kappa shape index (κ3) is 6.62. The third-order valence-electron chi connectivity index (χ3n) is 7.05. The van der Waals surface area contributed by atoms with Crippen molar-refractivity contribution in [2.24, 2.45) is 0 Å². The maximum absolute atomic E-state index is 14.6. The summed E-state index contributed by atoms with van der Waals surface area (Å²) in [6.45, 7) is 6.28. The maximum atomic E-state index is 14.6. The van der Waals surface area contributed by atoms with Gasteiger partial charge < -0.3 is 19.4 Å². The van der Waals surface area contributed by atoms with Crippen molar-refractivity contribution in [2.45, 2.75) is 32.4 Å². The molecule has 7 nitrogen and oxygen atoms in total. The first kappa shape index (κ1) is 26.1. The summed E-state index contributed by atoms with van der Waals surface area (Å²) in [6, 6.07) is 13.0. The molecule has 1 unspecified atom stereocenters. The fourth-order valence-electron chi connectivity index (χ4n) is 4.83. The molecule has 2 aliphatic heterocycles. The van der Waals surface area contributed by atoms with Crippen molar-refractivity contribution in [3.8, 4) is 0 Å². The normalized spacial score (nSPS) is 18.3. The molecule has 2 heterocycles. The highest BCUT2D eigenvalue weighted by Crippen LogP contribution is 2.23. The molecule has 0 radical (unpaired) electrons. The Morgan fingerprint density at radius 1 is 1.06 bits per heavy atom. The Hall–Kier alpha value is -2.97. The van der Waals surface area contributed by atoms with Crippen LogP contribution in [0.1, 0.15) is 35.7 Å². The van der Waals surface area contributed by atoms with Gasteiger partial charge in [0.2, 0.25) is 5.91 Å². The smallest absolute Gasteiger partial charge is 0.237 e. The van der Waals surface area contributed by atoms with E-state index >= 15 is 0 Å². The van der Waals surface area contributed by atoms with Crippen LogP contribution in [0.25, 0.3) is 0 Å². The molecular formula is C28H37FN4O3. The zero-order chi connectivity index (χ0) is 25.7. The Bertz CT molecular complexity index is 1050. The van der Waals surface area contributed by atoms with Crippen molar-refractivity contribution in [2.75, 3.05) is 69.8 Å². The van der Waals surface area contributed by atoms with E-state index in [9.17, 15) is 14.0 Å². The van der Waals surface area contributed by atoms with E-state index in [0.717, 1.165) is 30.7 Å². The van der Waals surface area contributed by atoms with Crippen LogP contribution < -0.4 is 9.80 Å². The van der Waals surface area contributed by atoms with Crippen LogP contribution in [0, 0.1) is 5.82 Å². The number of anilines is 2. The van der Waals surface area contributed by atoms with Gasteiger partial charge in [0.05, 0.1) is 18.3 Å². The van der Waals surface area contributed by atoms with E-state index in [-0.39, 0.29) is 23.6 Å². The van der Waals surface area contributed by atoms with Crippen LogP contribution in [0.3, 0.4) is 0 Å². The second kappa shape index (κ2) is 11.8. The number of carbonyl (C=O) groups is 2. The number of ketones is 1. The van der Waals surface area contributed by atoms with Crippen LogP contribution in [-0.2, 0) is 16.1 Å². The molecular weight excluding hydrogens is 459 g/mol. The van der Waals surface area contributed by atoms with Gasteiger partial charge in [-0.25, -0.2) is 4.39 Å². The molecule has 2 aromatic carbocycles. The Labute approximate surface area is 213 Å². The number of nitrogens with zero attached hydrogens (tertiary/aromatic N) is 4. The molecule has 0 N–H and O–H groups in total.